The highest BCUT2D eigenvalue weighted by atomic mass is 79.9. The van der Waals surface area contributed by atoms with Gasteiger partial charge in [0, 0.05) is 8.95 Å². The SMILES string of the molecule is Nc1ccc(Br)cc1Oc1cc(Br)ccc1F. The molecule has 0 atom stereocenters. The van der Waals surface area contributed by atoms with E-state index in [2.05, 4.69) is 31.9 Å². The zero-order chi connectivity index (χ0) is 12.4. The van der Waals surface area contributed by atoms with Crippen LogP contribution >= 0.6 is 31.9 Å². The van der Waals surface area contributed by atoms with Crippen molar-refractivity contribution >= 4 is 37.5 Å². The summed E-state index contributed by atoms with van der Waals surface area (Å²) in [4.78, 5) is 0. The molecule has 0 radical (unpaired) electrons. The first-order valence-corrected chi connectivity index (χ1v) is 6.33. The van der Waals surface area contributed by atoms with Gasteiger partial charge in [-0.05, 0) is 36.4 Å². The van der Waals surface area contributed by atoms with E-state index in [9.17, 15) is 4.39 Å². The predicted octanol–water partition coefficient (Wildman–Crippen LogP) is 4.73. The first kappa shape index (κ1) is 12.4. The summed E-state index contributed by atoms with van der Waals surface area (Å²) in [7, 11) is 0. The molecule has 0 saturated carbocycles. The number of hydrogen-bond acceptors (Lipinski definition) is 2. The lowest BCUT2D eigenvalue weighted by atomic mass is 10.3. The molecule has 2 nitrogen and oxygen atoms in total. The maximum Gasteiger partial charge on any atom is 0.165 e. The molecule has 88 valence electrons. The molecule has 0 aliphatic rings. The van der Waals surface area contributed by atoms with Gasteiger partial charge in [-0.25, -0.2) is 4.39 Å². The van der Waals surface area contributed by atoms with Crippen LogP contribution in [0, 0.1) is 5.82 Å². The lowest BCUT2D eigenvalue weighted by molar-refractivity contribution is 0.443. The standard InChI is InChI=1S/C12H8Br2FNO/c13-7-1-3-9(15)11(5-7)17-12-6-8(14)2-4-10(12)16/h1-6H,16H2. The van der Waals surface area contributed by atoms with Gasteiger partial charge in [0.25, 0.3) is 0 Å². The van der Waals surface area contributed by atoms with Crippen molar-refractivity contribution in [3.8, 4) is 11.5 Å². The predicted molar refractivity (Wildman–Crippen MR) is 72.7 cm³/mol. The maximum atomic E-state index is 13.5. The molecule has 0 fully saturated rings. The Morgan fingerprint density at radius 3 is 2.24 bits per heavy atom. The smallest absolute Gasteiger partial charge is 0.165 e. The third-order valence-corrected chi connectivity index (χ3v) is 3.08. The third-order valence-electron chi connectivity index (χ3n) is 2.09. The van der Waals surface area contributed by atoms with E-state index in [0.717, 1.165) is 8.95 Å². The Bertz CT molecular complexity index is 511. The molecular formula is C12H8Br2FNO. The second kappa shape index (κ2) is 5.06. The second-order valence-corrected chi connectivity index (χ2v) is 5.19. The summed E-state index contributed by atoms with van der Waals surface area (Å²) in [5.74, 6) is 0.105. The third kappa shape index (κ3) is 2.98. The molecule has 0 bridgehead atoms. The fourth-order valence-corrected chi connectivity index (χ4v) is 1.95. The molecule has 0 unspecified atom stereocenters. The van der Waals surface area contributed by atoms with Crippen molar-refractivity contribution < 1.29 is 9.13 Å². The van der Waals surface area contributed by atoms with Crippen LogP contribution in [0.1, 0.15) is 0 Å². The van der Waals surface area contributed by atoms with Crippen molar-refractivity contribution in [1.82, 2.24) is 0 Å². The van der Waals surface area contributed by atoms with Crippen LogP contribution in [0.2, 0.25) is 0 Å². The molecule has 0 heterocycles. The van der Waals surface area contributed by atoms with Crippen LogP contribution in [0.3, 0.4) is 0 Å². The largest absolute Gasteiger partial charge is 0.452 e. The molecule has 2 rings (SSSR count). The molecule has 17 heavy (non-hydrogen) atoms. The summed E-state index contributed by atoms with van der Waals surface area (Å²) in [6, 6.07) is 9.65. The quantitative estimate of drug-likeness (QED) is 0.786. The molecule has 0 spiro atoms. The lowest BCUT2D eigenvalue weighted by Gasteiger charge is -2.09. The Labute approximate surface area is 115 Å². The number of hydrogen-bond donors (Lipinski definition) is 1. The fraction of sp³-hybridized carbons (Fsp3) is 0. The topological polar surface area (TPSA) is 35.2 Å². The summed E-state index contributed by atoms with van der Waals surface area (Å²) >= 11 is 6.56. The Kier molecular flexibility index (Phi) is 3.69. The van der Waals surface area contributed by atoms with Crippen LogP contribution in [-0.2, 0) is 0 Å². The van der Waals surface area contributed by atoms with Crippen molar-refractivity contribution in [3.63, 3.8) is 0 Å². The van der Waals surface area contributed by atoms with E-state index in [4.69, 9.17) is 10.5 Å². The zero-order valence-electron chi connectivity index (χ0n) is 8.58. The van der Waals surface area contributed by atoms with Gasteiger partial charge in [0.05, 0.1) is 5.69 Å². The Hall–Kier alpha value is -1.07. The number of halogens is 3. The van der Waals surface area contributed by atoms with Crippen molar-refractivity contribution in [2.24, 2.45) is 0 Å². The molecule has 5 heteroatoms. The number of benzene rings is 2. The zero-order valence-corrected chi connectivity index (χ0v) is 11.8. The molecule has 2 N–H and O–H groups in total. The van der Waals surface area contributed by atoms with Gasteiger partial charge >= 0.3 is 0 Å². The number of nitrogens with two attached hydrogens (primary N) is 1. The highest BCUT2D eigenvalue weighted by Crippen LogP contribution is 2.32. The van der Waals surface area contributed by atoms with Gasteiger partial charge in [0.2, 0.25) is 0 Å². The van der Waals surface area contributed by atoms with E-state index in [1.807, 2.05) is 0 Å². The normalized spacial score (nSPS) is 10.3. The second-order valence-electron chi connectivity index (χ2n) is 3.36. The fourth-order valence-electron chi connectivity index (χ4n) is 1.27. The lowest BCUT2D eigenvalue weighted by Crippen LogP contribution is -1.93. The molecule has 0 aliphatic carbocycles. The number of nitrogen functional groups attached to an aromatic ring is 1. The Morgan fingerprint density at radius 2 is 1.53 bits per heavy atom. The van der Waals surface area contributed by atoms with E-state index in [1.54, 1.807) is 30.3 Å². The van der Waals surface area contributed by atoms with Crippen LogP contribution in [0.25, 0.3) is 0 Å². The van der Waals surface area contributed by atoms with E-state index < -0.39 is 5.82 Å². The number of anilines is 1. The summed E-state index contributed by atoms with van der Waals surface area (Å²) in [6.45, 7) is 0. The van der Waals surface area contributed by atoms with E-state index >= 15 is 0 Å². The van der Waals surface area contributed by atoms with Crippen molar-refractivity contribution in [1.29, 1.82) is 0 Å². The highest BCUT2D eigenvalue weighted by molar-refractivity contribution is 9.10. The molecule has 2 aromatic carbocycles. The van der Waals surface area contributed by atoms with Gasteiger partial charge in [-0.1, -0.05) is 31.9 Å². The van der Waals surface area contributed by atoms with Crippen LogP contribution < -0.4 is 10.5 Å². The summed E-state index contributed by atoms with van der Waals surface area (Å²) in [5.41, 5.74) is 6.20. The average Bonchev–Trinajstić information content (AvgIpc) is 2.28. The van der Waals surface area contributed by atoms with Crippen LogP contribution in [0.4, 0.5) is 10.1 Å². The Morgan fingerprint density at radius 1 is 0.941 bits per heavy atom. The monoisotopic (exact) mass is 359 g/mol. The van der Waals surface area contributed by atoms with Crippen LogP contribution in [0.5, 0.6) is 11.5 Å². The maximum absolute atomic E-state index is 13.5. The number of rotatable bonds is 2. The number of ether oxygens (including phenoxy) is 1. The van der Waals surface area contributed by atoms with Crippen LogP contribution in [0.15, 0.2) is 45.3 Å². The molecule has 2 aromatic rings. The van der Waals surface area contributed by atoms with Gasteiger partial charge in [0.1, 0.15) is 0 Å². The van der Waals surface area contributed by atoms with E-state index in [-0.39, 0.29) is 5.75 Å². The van der Waals surface area contributed by atoms with E-state index in [1.165, 1.54) is 6.07 Å². The van der Waals surface area contributed by atoms with Gasteiger partial charge in [-0.2, -0.15) is 0 Å². The summed E-state index contributed by atoms with van der Waals surface area (Å²) in [6.07, 6.45) is 0. The molecular weight excluding hydrogens is 353 g/mol. The van der Waals surface area contributed by atoms with Gasteiger partial charge < -0.3 is 10.5 Å². The van der Waals surface area contributed by atoms with Gasteiger partial charge in [-0.3, -0.25) is 0 Å². The molecule has 0 saturated heterocycles. The van der Waals surface area contributed by atoms with Gasteiger partial charge in [-0.15, -0.1) is 0 Å². The molecule has 0 amide bonds. The minimum Gasteiger partial charge on any atom is -0.452 e. The van der Waals surface area contributed by atoms with Crippen molar-refractivity contribution in [2.45, 2.75) is 0 Å². The van der Waals surface area contributed by atoms with E-state index in [0.29, 0.717) is 11.4 Å². The molecule has 0 aromatic heterocycles. The molecule has 0 aliphatic heterocycles. The minimum absolute atomic E-state index is 0.129. The van der Waals surface area contributed by atoms with Crippen molar-refractivity contribution in [3.05, 3.63) is 51.2 Å². The van der Waals surface area contributed by atoms with Crippen molar-refractivity contribution in [2.75, 3.05) is 5.73 Å². The van der Waals surface area contributed by atoms with Gasteiger partial charge in [0.15, 0.2) is 17.3 Å². The minimum atomic E-state index is -0.437. The summed E-state index contributed by atoms with van der Waals surface area (Å²) < 4.78 is 20.5. The van der Waals surface area contributed by atoms with Crippen LogP contribution in [-0.4, -0.2) is 0 Å². The first-order valence-electron chi connectivity index (χ1n) is 4.74. The highest BCUT2D eigenvalue weighted by Gasteiger charge is 2.08. The first-order chi connectivity index (χ1) is 8.06. The Balaban J connectivity index is 2.37. The average molecular weight is 361 g/mol. The summed E-state index contributed by atoms with van der Waals surface area (Å²) in [5, 5.41) is 0.